The van der Waals surface area contributed by atoms with Crippen LogP contribution >= 0.6 is 0 Å². The number of hydrogen-bond acceptors (Lipinski definition) is 10. The molecule has 0 radical (unpaired) electrons. The van der Waals surface area contributed by atoms with Gasteiger partial charge in [-0.3, -0.25) is 19.4 Å². The van der Waals surface area contributed by atoms with Crippen LogP contribution < -0.4 is 11.2 Å². The number of nitrogens with one attached hydrogen (secondary N) is 1. The number of benzene rings is 2. The van der Waals surface area contributed by atoms with E-state index in [0.29, 0.717) is 54.2 Å². The van der Waals surface area contributed by atoms with Gasteiger partial charge >= 0.3 is 5.97 Å². The number of nitrogens with zero attached hydrogens (tertiary/aromatic N) is 6. The molecule has 0 bridgehead atoms. The zero-order chi connectivity index (χ0) is 32.9. The zero-order valence-corrected chi connectivity index (χ0v) is 25.6. The second-order valence-electron chi connectivity index (χ2n) is 11.5. The molecule has 242 valence electrons. The lowest BCUT2D eigenvalue weighted by atomic mass is 9.86. The molecule has 2 amide bonds. The Morgan fingerprint density at radius 2 is 1.89 bits per heavy atom. The maximum absolute atomic E-state index is 13.5. The molecular weight excluding hydrogens is 607 g/mol. The van der Waals surface area contributed by atoms with Crippen molar-refractivity contribution in [2.45, 2.75) is 38.4 Å². The first-order valence-corrected chi connectivity index (χ1v) is 15.3. The Balaban J connectivity index is 1.12. The molecule has 3 N–H and O–H groups in total. The summed E-state index contributed by atoms with van der Waals surface area (Å²) in [6.45, 7) is 2.08. The van der Waals surface area contributed by atoms with Crippen LogP contribution in [0.5, 0.6) is 0 Å². The van der Waals surface area contributed by atoms with Gasteiger partial charge in [0.1, 0.15) is 17.4 Å². The summed E-state index contributed by atoms with van der Waals surface area (Å²) in [7, 11) is 0. The number of esters is 1. The lowest BCUT2D eigenvalue weighted by Crippen LogP contribution is -2.40. The number of carbonyl (C=O) groups is 3. The first-order valence-electron chi connectivity index (χ1n) is 15.3. The van der Waals surface area contributed by atoms with Gasteiger partial charge in [0.2, 0.25) is 17.6 Å². The number of fused-ring (bicyclic) bond motifs is 1. The maximum Gasteiger partial charge on any atom is 0.303 e. The number of piperidine rings is 1. The van der Waals surface area contributed by atoms with Crippen LogP contribution in [0.25, 0.3) is 22.6 Å². The molecule has 13 nitrogen and oxygen atoms in total. The first kappa shape index (κ1) is 31.5. The smallest absolute Gasteiger partial charge is 0.303 e. The highest BCUT2D eigenvalue weighted by Gasteiger charge is 2.43. The van der Waals surface area contributed by atoms with Crippen LogP contribution in [0.2, 0.25) is 0 Å². The van der Waals surface area contributed by atoms with Gasteiger partial charge in [0.05, 0.1) is 12.0 Å². The van der Waals surface area contributed by atoms with Crippen molar-refractivity contribution < 1.29 is 27.9 Å². The third-order valence-electron chi connectivity index (χ3n) is 8.20. The van der Waals surface area contributed by atoms with Crippen molar-refractivity contribution in [2.24, 2.45) is 33.0 Å². The van der Waals surface area contributed by atoms with Gasteiger partial charge in [0, 0.05) is 37.5 Å². The molecule has 1 aliphatic heterocycles. The number of azo groups is 1. The number of amidine groups is 1. The number of hydrazone groups is 1. The molecule has 1 saturated heterocycles. The lowest BCUT2D eigenvalue weighted by molar-refractivity contribution is -0.139. The molecule has 14 heteroatoms. The normalized spacial score (nSPS) is 19.1. The van der Waals surface area contributed by atoms with E-state index in [4.69, 9.17) is 15.0 Å². The number of rotatable bonds is 9. The number of pyridine rings is 1. The second kappa shape index (κ2) is 13.8. The molecule has 1 saturated carbocycles. The van der Waals surface area contributed by atoms with Crippen molar-refractivity contribution in [1.82, 2.24) is 14.9 Å². The van der Waals surface area contributed by atoms with Crippen molar-refractivity contribution >= 4 is 40.4 Å². The summed E-state index contributed by atoms with van der Waals surface area (Å²) in [5.74, 6) is 4.26. The van der Waals surface area contributed by atoms with E-state index < -0.39 is 18.1 Å². The molecule has 6 rings (SSSR count). The molecule has 3 atom stereocenters. The molecule has 2 aromatic heterocycles. The number of likely N-dealkylation sites (tertiary alicyclic amines) is 1. The van der Waals surface area contributed by atoms with Gasteiger partial charge < -0.3 is 25.2 Å². The minimum Gasteiger partial charge on any atom is -0.457 e. The van der Waals surface area contributed by atoms with Gasteiger partial charge in [-0.15, -0.1) is 5.11 Å². The van der Waals surface area contributed by atoms with E-state index in [2.05, 4.69) is 30.6 Å². The van der Waals surface area contributed by atoms with Crippen LogP contribution in [0.15, 0.2) is 86.6 Å². The Kier molecular flexibility index (Phi) is 9.27. The standard InChI is InChI=1S/C33H33FN8O5/c1-19(43)46-18-29(39-35)40-41-30(20-5-3-2-4-6-20)21-10-13-42(14-11-21)33(45)27-15-22(9-12-36-27)32-38-26-16-23(7-8-28(26)47-32)37-31(44)24-17-25(24)34/h2-9,12,15-16,21,24-25,30H,10-11,13-14,17-18,35H2,1H3,(H,37,44)/t24-,25+,30-/m1/s1. The number of alkyl halides is 1. The summed E-state index contributed by atoms with van der Waals surface area (Å²) < 4.78 is 24.1. The van der Waals surface area contributed by atoms with E-state index in [1.54, 1.807) is 35.2 Å². The summed E-state index contributed by atoms with van der Waals surface area (Å²) in [5.41, 5.74) is 3.31. The third kappa shape index (κ3) is 7.48. The number of oxazole rings is 1. The van der Waals surface area contributed by atoms with Crippen LogP contribution in [0.4, 0.5) is 10.1 Å². The molecule has 2 fully saturated rings. The largest absolute Gasteiger partial charge is 0.457 e. The van der Waals surface area contributed by atoms with Crippen molar-refractivity contribution in [3.8, 4) is 11.5 Å². The van der Waals surface area contributed by atoms with Gasteiger partial charge in [-0.2, -0.15) is 10.2 Å². The van der Waals surface area contributed by atoms with Crippen LogP contribution in [0, 0.1) is 11.8 Å². The molecule has 0 spiro atoms. The summed E-state index contributed by atoms with van der Waals surface area (Å²) >= 11 is 0. The van der Waals surface area contributed by atoms with Gasteiger partial charge in [-0.05, 0) is 61.1 Å². The molecule has 2 aliphatic rings. The summed E-state index contributed by atoms with van der Waals surface area (Å²) in [4.78, 5) is 47.5. The molecule has 4 aromatic rings. The number of amides is 2. The molecular formula is C33H33FN8O5. The molecule has 1 aliphatic carbocycles. The zero-order valence-electron chi connectivity index (χ0n) is 25.6. The van der Waals surface area contributed by atoms with Gasteiger partial charge in [0.25, 0.3) is 5.91 Å². The van der Waals surface area contributed by atoms with E-state index in [1.807, 2.05) is 30.3 Å². The third-order valence-corrected chi connectivity index (χ3v) is 8.20. The maximum atomic E-state index is 13.5. The van der Waals surface area contributed by atoms with E-state index in [0.717, 1.165) is 5.56 Å². The number of halogens is 1. The van der Waals surface area contributed by atoms with E-state index in [-0.39, 0.29) is 48.3 Å². The van der Waals surface area contributed by atoms with Crippen molar-refractivity contribution in [3.05, 3.63) is 78.1 Å². The SMILES string of the molecule is CC(=O)OCC(N=N[C@H](c1ccccc1)C1CCN(C(=O)c2cc(-c3nc4cc(NC(=O)[C@@H]5C[C@@H]5F)ccc4o3)ccn2)CC1)=NN. The number of aromatic nitrogens is 2. The van der Waals surface area contributed by atoms with Gasteiger partial charge in [-0.1, -0.05) is 30.3 Å². The topological polar surface area (TPSA) is 178 Å². The van der Waals surface area contributed by atoms with Gasteiger partial charge in [-0.25, -0.2) is 9.37 Å². The molecule has 47 heavy (non-hydrogen) atoms. The van der Waals surface area contributed by atoms with Crippen molar-refractivity contribution in [1.29, 1.82) is 0 Å². The quantitative estimate of drug-likeness (QED) is 0.0636. The number of anilines is 1. The molecule has 3 heterocycles. The summed E-state index contributed by atoms with van der Waals surface area (Å²) in [6.07, 6.45) is 2.04. The molecule has 0 unspecified atom stereocenters. The predicted molar refractivity (Wildman–Crippen MR) is 170 cm³/mol. The number of hydrogen-bond donors (Lipinski definition) is 2. The highest BCUT2D eigenvalue weighted by Crippen LogP contribution is 2.36. The second-order valence-corrected chi connectivity index (χ2v) is 11.5. The van der Waals surface area contributed by atoms with E-state index >= 15 is 0 Å². The van der Waals surface area contributed by atoms with Crippen LogP contribution in [0.1, 0.15) is 48.3 Å². The first-order chi connectivity index (χ1) is 22.8. The number of nitrogens with two attached hydrogens (primary N) is 1. The molecule has 2 aromatic carbocycles. The van der Waals surface area contributed by atoms with E-state index in [9.17, 15) is 18.8 Å². The Labute approximate surface area is 269 Å². The Hall–Kier alpha value is -5.53. The van der Waals surface area contributed by atoms with Crippen molar-refractivity contribution in [2.75, 3.05) is 25.0 Å². The van der Waals surface area contributed by atoms with Crippen molar-refractivity contribution in [3.63, 3.8) is 0 Å². The average Bonchev–Trinajstić information content (AvgIpc) is 3.68. The highest BCUT2D eigenvalue weighted by atomic mass is 19.1. The highest BCUT2D eigenvalue weighted by molar-refractivity contribution is 5.96. The van der Waals surface area contributed by atoms with E-state index in [1.165, 1.54) is 13.1 Å². The van der Waals surface area contributed by atoms with Crippen LogP contribution in [-0.4, -0.2) is 64.4 Å². The minimum absolute atomic E-state index is 0.0781. The van der Waals surface area contributed by atoms with Crippen LogP contribution in [-0.2, 0) is 14.3 Å². The van der Waals surface area contributed by atoms with Gasteiger partial charge in [0.15, 0.2) is 12.2 Å². The lowest BCUT2D eigenvalue weighted by Gasteiger charge is -2.34. The van der Waals surface area contributed by atoms with Crippen LogP contribution in [0.3, 0.4) is 0 Å². The number of ether oxygens (including phenoxy) is 1. The Bertz CT molecular complexity index is 1840. The number of carbonyl (C=O) groups excluding carboxylic acids is 3. The summed E-state index contributed by atoms with van der Waals surface area (Å²) in [6, 6.07) is 17.8. The monoisotopic (exact) mass is 640 g/mol. The average molecular weight is 641 g/mol. The summed E-state index contributed by atoms with van der Waals surface area (Å²) in [5, 5.41) is 15.0. The predicted octanol–water partition coefficient (Wildman–Crippen LogP) is 5.07. The Morgan fingerprint density at radius 3 is 2.60 bits per heavy atom. The fraction of sp³-hybridized carbons (Fsp3) is 0.333. The fourth-order valence-electron chi connectivity index (χ4n) is 5.53. The fourth-order valence-corrected chi connectivity index (χ4v) is 5.53. The Morgan fingerprint density at radius 1 is 1.13 bits per heavy atom. The minimum atomic E-state index is -1.08.